The van der Waals surface area contributed by atoms with E-state index >= 15 is 0 Å². The zero-order valence-corrected chi connectivity index (χ0v) is 30.8. The molecule has 0 aromatic rings. The second-order valence-corrected chi connectivity index (χ2v) is 18.6. The first-order valence-electron chi connectivity index (χ1n) is 19.6. The molecule has 11 atom stereocenters. The van der Waals surface area contributed by atoms with Crippen molar-refractivity contribution in [1.82, 2.24) is 5.32 Å². The molecule has 0 aliphatic heterocycles. The van der Waals surface area contributed by atoms with Crippen molar-refractivity contribution in [3.8, 4) is 0 Å². The number of aliphatic hydroxyl groups is 2. The number of hydrogen-bond donors (Lipinski definition) is 4. The smallest absolute Gasteiger partial charge is 0.303 e. The number of unbranched alkanes of at least 4 members (excludes halogenated alkanes) is 7. The summed E-state index contributed by atoms with van der Waals surface area (Å²) in [6, 6.07) is 0. The van der Waals surface area contributed by atoms with Crippen LogP contribution in [0.4, 0.5) is 0 Å². The zero-order valence-electron chi connectivity index (χ0n) is 30.8. The maximum absolute atomic E-state index is 14.3. The Morgan fingerprint density at radius 2 is 1.40 bits per heavy atom. The third kappa shape index (κ3) is 6.16. The van der Waals surface area contributed by atoms with Crippen LogP contribution in [0.5, 0.6) is 0 Å². The van der Waals surface area contributed by atoms with Crippen molar-refractivity contribution in [3.05, 3.63) is 12.2 Å². The summed E-state index contributed by atoms with van der Waals surface area (Å²) in [4.78, 5) is 25.0. The number of hydrogen-bond acceptors (Lipinski definition) is 4. The summed E-state index contributed by atoms with van der Waals surface area (Å²) >= 11 is 0. The van der Waals surface area contributed by atoms with Crippen LogP contribution in [0.15, 0.2) is 12.2 Å². The molecule has 5 rings (SSSR count). The molecular formula is C41H69NO5. The minimum Gasteiger partial charge on any atom is -0.481 e. The van der Waals surface area contributed by atoms with Gasteiger partial charge in [-0.1, -0.05) is 85.3 Å². The van der Waals surface area contributed by atoms with E-state index in [0.29, 0.717) is 41.9 Å². The van der Waals surface area contributed by atoms with E-state index < -0.39 is 18.2 Å². The molecule has 1 amide bonds. The van der Waals surface area contributed by atoms with Crippen molar-refractivity contribution >= 4 is 11.9 Å². The van der Waals surface area contributed by atoms with E-state index in [9.17, 15) is 19.8 Å². The Kier molecular flexibility index (Phi) is 10.8. The average Bonchev–Trinajstić information content (AvgIpc) is 3.40. The number of aliphatic carboxylic acids is 1. The van der Waals surface area contributed by atoms with E-state index in [1.807, 2.05) is 0 Å². The first-order valence-corrected chi connectivity index (χ1v) is 19.6. The van der Waals surface area contributed by atoms with Gasteiger partial charge in [0.1, 0.15) is 0 Å². The molecule has 5 aliphatic rings. The highest BCUT2D eigenvalue weighted by molar-refractivity contribution is 5.83. The second kappa shape index (κ2) is 13.7. The van der Waals surface area contributed by atoms with Gasteiger partial charge in [-0.15, -0.1) is 0 Å². The van der Waals surface area contributed by atoms with Crippen molar-refractivity contribution in [1.29, 1.82) is 0 Å². The first-order chi connectivity index (χ1) is 22.1. The fraction of sp³-hybridized carbons (Fsp3) is 0.902. The van der Waals surface area contributed by atoms with Crippen molar-refractivity contribution in [2.24, 2.45) is 56.7 Å². The van der Waals surface area contributed by atoms with Crippen molar-refractivity contribution in [2.45, 2.75) is 169 Å². The van der Waals surface area contributed by atoms with Gasteiger partial charge in [0.05, 0.1) is 17.6 Å². The molecule has 5 aliphatic carbocycles. The molecule has 6 nitrogen and oxygen atoms in total. The molecule has 268 valence electrons. The number of nitrogens with one attached hydrogen (secondary N) is 1. The van der Waals surface area contributed by atoms with Gasteiger partial charge in [-0.25, -0.2) is 0 Å². The molecule has 0 heterocycles. The number of amides is 1. The lowest BCUT2D eigenvalue weighted by Gasteiger charge is -2.73. The van der Waals surface area contributed by atoms with E-state index in [1.54, 1.807) is 0 Å². The second-order valence-electron chi connectivity index (χ2n) is 18.6. The number of carboxylic acids is 1. The Morgan fingerprint density at radius 3 is 2.04 bits per heavy atom. The number of carbonyl (C=O) groups is 2. The van der Waals surface area contributed by atoms with Crippen LogP contribution in [0, 0.1) is 56.7 Å². The Bertz CT molecular complexity index is 1170. The van der Waals surface area contributed by atoms with Gasteiger partial charge in [-0.2, -0.15) is 0 Å². The lowest BCUT2D eigenvalue weighted by Crippen LogP contribution is -2.68. The van der Waals surface area contributed by atoms with Crippen LogP contribution in [-0.4, -0.2) is 45.9 Å². The summed E-state index contributed by atoms with van der Waals surface area (Å²) in [5.74, 6) is 1.76. The van der Waals surface area contributed by atoms with Crippen molar-refractivity contribution in [2.75, 3.05) is 6.54 Å². The molecule has 6 unspecified atom stereocenters. The van der Waals surface area contributed by atoms with Gasteiger partial charge in [-0.05, 0) is 129 Å². The minimum absolute atomic E-state index is 0.00118. The maximum atomic E-state index is 14.3. The van der Waals surface area contributed by atoms with Gasteiger partial charge in [0.25, 0.3) is 0 Å². The number of carbonyl (C=O) groups excluding carboxylic acids is 1. The van der Waals surface area contributed by atoms with Gasteiger partial charge >= 0.3 is 5.97 Å². The zero-order chi connectivity index (χ0) is 34.4. The lowest BCUT2D eigenvalue weighted by atomic mass is 9.32. The normalized spacial score (nSPS) is 43.6. The number of rotatable bonds is 13. The highest BCUT2D eigenvalue weighted by atomic mass is 16.4. The number of aliphatic hydroxyl groups excluding tert-OH is 2. The third-order valence-electron chi connectivity index (χ3n) is 16.1. The van der Waals surface area contributed by atoms with Crippen LogP contribution < -0.4 is 5.32 Å². The maximum Gasteiger partial charge on any atom is 0.303 e. The molecule has 4 N–H and O–H groups in total. The quantitative estimate of drug-likeness (QED) is 0.117. The summed E-state index contributed by atoms with van der Waals surface area (Å²) in [7, 11) is 0. The van der Waals surface area contributed by atoms with Gasteiger partial charge in [0.15, 0.2) is 0 Å². The SMILES string of the molecule is C=C(C)[C@@H]1CC[C@]2(C(=O)NCCCCCCCCCCC(=O)O)CC[C@]3(C)C(CCC4[C@@]5(C)CC(O)C(O)C(C)(C)C5CC[C@]43C)C12. The predicted octanol–water partition coefficient (Wildman–Crippen LogP) is 8.69. The summed E-state index contributed by atoms with van der Waals surface area (Å²) < 4.78 is 0. The van der Waals surface area contributed by atoms with Gasteiger partial charge in [0.2, 0.25) is 5.91 Å². The first kappa shape index (κ1) is 36.9. The Hall–Kier alpha value is -1.40. The van der Waals surface area contributed by atoms with E-state index in [0.717, 1.165) is 83.6 Å². The molecule has 5 fully saturated rings. The van der Waals surface area contributed by atoms with Crippen LogP contribution in [0.25, 0.3) is 0 Å². The Morgan fingerprint density at radius 1 is 0.766 bits per heavy atom. The monoisotopic (exact) mass is 656 g/mol. The lowest BCUT2D eigenvalue weighted by molar-refractivity contribution is -0.262. The highest BCUT2D eigenvalue weighted by Crippen LogP contribution is 2.77. The predicted molar refractivity (Wildman–Crippen MR) is 189 cm³/mol. The molecule has 0 saturated heterocycles. The van der Waals surface area contributed by atoms with Crippen LogP contribution in [0.3, 0.4) is 0 Å². The van der Waals surface area contributed by atoms with Crippen molar-refractivity contribution in [3.63, 3.8) is 0 Å². The third-order valence-corrected chi connectivity index (χ3v) is 16.1. The van der Waals surface area contributed by atoms with Crippen LogP contribution in [0.1, 0.15) is 157 Å². The molecule has 0 aromatic heterocycles. The van der Waals surface area contributed by atoms with E-state index in [-0.39, 0.29) is 33.5 Å². The molecule has 0 spiro atoms. The topological polar surface area (TPSA) is 107 Å². The fourth-order valence-electron chi connectivity index (χ4n) is 13.5. The summed E-state index contributed by atoms with van der Waals surface area (Å²) in [6.07, 6.45) is 16.9. The summed E-state index contributed by atoms with van der Waals surface area (Å²) in [5, 5.41) is 34.5. The Labute approximate surface area is 286 Å². The largest absolute Gasteiger partial charge is 0.481 e. The molecule has 0 aromatic carbocycles. The van der Waals surface area contributed by atoms with E-state index in [1.165, 1.54) is 31.3 Å². The van der Waals surface area contributed by atoms with Crippen molar-refractivity contribution < 1.29 is 24.9 Å². The fourth-order valence-corrected chi connectivity index (χ4v) is 13.5. The molecule has 6 heteroatoms. The van der Waals surface area contributed by atoms with Crippen LogP contribution in [-0.2, 0) is 9.59 Å². The molecule has 47 heavy (non-hydrogen) atoms. The molecule has 0 bridgehead atoms. The van der Waals surface area contributed by atoms with Crippen LogP contribution >= 0.6 is 0 Å². The number of fused-ring (bicyclic) bond motifs is 7. The standard InChI is InChI=1S/C41H69NO5/c1-27(2)28-19-22-41(36(47)42-25-15-13-11-9-8-10-12-14-16-33(44)45)24-23-39(6)29(34(28)41)17-18-32-38(5)26-30(43)35(46)37(3,4)31(38)20-21-40(32,39)7/h28-32,34-35,43,46H,1,8-26H2,2-7H3,(H,42,47)(H,44,45)/t28-,29?,30?,31?,32?,34?,35?,38-,39+,40+,41-/m0/s1. The van der Waals surface area contributed by atoms with Crippen LogP contribution in [0.2, 0.25) is 0 Å². The summed E-state index contributed by atoms with van der Waals surface area (Å²) in [6.45, 7) is 19.5. The number of carboxylic acid groups (broad SMARTS) is 1. The molecular weight excluding hydrogens is 586 g/mol. The van der Waals surface area contributed by atoms with Gasteiger partial charge < -0.3 is 20.6 Å². The van der Waals surface area contributed by atoms with E-state index in [4.69, 9.17) is 5.11 Å². The average molecular weight is 656 g/mol. The number of allylic oxidation sites excluding steroid dienone is 1. The Balaban J connectivity index is 1.25. The van der Waals surface area contributed by atoms with Gasteiger partial charge in [0, 0.05) is 13.0 Å². The van der Waals surface area contributed by atoms with E-state index in [2.05, 4.69) is 53.4 Å². The summed E-state index contributed by atoms with van der Waals surface area (Å²) in [5.41, 5.74) is 0.937. The molecule has 5 saturated carbocycles. The minimum atomic E-state index is -0.696. The molecule has 0 radical (unpaired) electrons. The van der Waals surface area contributed by atoms with Gasteiger partial charge in [-0.3, -0.25) is 9.59 Å². The highest BCUT2D eigenvalue weighted by Gasteiger charge is 2.72.